The molecule has 20 heavy (non-hydrogen) atoms. The number of methoxy groups -OCH3 is 1. The zero-order valence-electron chi connectivity index (χ0n) is 11.8. The maximum atomic E-state index is 9.99. The highest BCUT2D eigenvalue weighted by Gasteiger charge is 2.12. The lowest BCUT2D eigenvalue weighted by Crippen LogP contribution is -2.08. The van der Waals surface area contributed by atoms with Crippen molar-refractivity contribution in [3.63, 3.8) is 0 Å². The molecule has 4 heteroatoms. The van der Waals surface area contributed by atoms with Crippen molar-refractivity contribution in [3.05, 3.63) is 52.0 Å². The molecule has 1 unspecified atom stereocenters. The summed E-state index contributed by atoms with van der Waals surface area (Å²) in [7, 11) is 1.62. The number of anilines is 1. The van der Waals surface area contributed by atoms with Gasteiger partial charge in [0.2, 0.25) is 0 Å². The summed E-state index contributed by atoms with van der Waals surface area (Å²) in [6, 6.07) is 11.3. The lowest BCUT2D eigenvalue weighted by atomic mass is 10.1. The maximum Gasteiger partial charge on any atom is 0.121 e. The van der Waals surface area contributed by atoms with E-state index in [1.165, 1.54) is 0 Å². The first-order valence-corrected chi connectivity index (χ1v) is 7.20. The SMILES string of the molecule is COc1ccc(O)c(C(C)Nc2ccc(Br)cc2C)c1. The second-order valence-corrected chi connectivity index (χ2v) is 5.67. The number of aryl methyl sites for hydroxylation is 1. The van der Waals surface area contributed by atoms with Crippen LogP contribution in [0.1, 0.15) is 24.1 Å². The van der Waals surface area contributed by atoms with E-state index in [-0.39, 0.29) is 11.8 Å². The topological polar surface area (TPSA) is 41.5 Å². The molecule has 2 aromatic rings. The van der Waals surface area contributed by atoms with E-state index in [9.17, 15) is 5.11 Å². The van der Waals surface area contributed by atoms with Gasteiger partial charge in [-0.25, -0.2) is 0 Å². The summed E-state index contributed by atoms with van der Waals surface area (Å²) in [6.45, 7) is 4.06. The molecule has 2 N–H and O–H groups in total. The van der Waals surface area contributed by atoms with Crippen LogP contribution in [-0.2, 0) is 0 Å². The fourth-order valence-electron chi connectivity index (χ4n) is 2.11. The smallest absolute Gasteiger partial charge is 0.121 e. The van der Waals surface area contributed by atoms with Gasteiger partial charge >= 0.3 is 0 Å². The van der Waals surface area contributed by atoms with Crippen LogP contribution >= 0.6 is 15.9 Å². The van der Waals surface area contributed by atoms with Gasteiger partial charge in [0.15, 0.2) is 0 Å². The minimum absolute atomic E-state index is 0.0232. The van der Waals surface area contributed by atoms with Crippen molar-refractivity contribution in [2.45, 2.75) is 19.9 Å². The average Bonchev–Trinajstić information content (AvgIpc) is 2.42. The Balaban J connectivity index is 2.25. The lowest BCUT2D eigenvalue weighted by Gasteiger charge is -2.19. The molecule has 0 aliphatic rings. The summed E-state index contributed by atoms with van der Waals surface area (Å²) in [5.74, 6) is 1.000. The van der Waals surface area contributed by atoms with Gasteiger partial charge in [0.05, 0.1) is 13.2 Å². The van der Waals surface area contributed by atoms with Crippen molar-refractivity contribution in [1.29, 1.82) is 0 Å². The molecule has 3 nitrogen and oxygen atoms in total. The highest BCUT2D eigenvalue weighted by Crippen LogP contribution is 2.31. The molecule has 0 aliphatic carbocycles. The third kappa shape index (κ3) is 3.25. The molecule has 0 amide bonds. The van der Waals surface area contributed by atoms with Gasteiger partial charge < -0.3 is 15.2 Å². The molecule has 0 aliphatic heterocycles. The largest absolute Gasteiger partial charge is 0.508 e. The highest BCUT2D eigenvalue weighted by atomic mass is 79.9. The molecule has 0 heterocycles. The van der Waals surface area contributed by atoms with Crippen LogP contribution in [0.25, 0.3) is 0 Å². The average molecular weight is 336 g/mol. The Bertz CT molecular complexity index is 613. The van der Waals surface area contributed by atoms with Crippen LogP contribution < -0.4 is 10.1 Å². The third-order valence-electron chi connectivity index (χ3n) is 3.26. The summed E-state index contributed by atoms with van der Waals surface area (Å²) < 4.78 is 6.26. The van der Waals surface area contributed by atoms with Crippen LogP contribution in [0.15, 0.2) is 40.9 Å². The minimum atomic E-state index is -0.0232. The number of rotatable bonds is 4. The maximum absolute atomic E-state index is 9.99. The van der Waals surface area contributed by atoms with Gasteiger partial charge in [0.1, 0.15) is 11.5 Å². The lowest BCUT2D eigenvalue weighted by molar-refractivity contribution is 0.410. The minimum Gasteiger partial charge on any atom is -0.508 e. The van der Waals surface area contributed by atoms with E-state index in [0.717, 1.165) is 27.0 Å². The number of ether oxygens (including phenoxy) is 1. The Morgan fingerprint density at radius 1 is 1.20 bits per heavy atom. The van der Waals surface area contributed by atoms with Crippen molar-refractivity contribution in [2.24, 2.45) is 0 Å². The Labute approximate surface area is 127 Å². The number of benzene rings is 2. The molecule has 106 valence electrons. The van der Waals surface area contributed by atoms with E-state index in [1.54, 1.807) is 19.2 Å². The number of hydrogen-bond donors (Lipinski definition) is 2. The van der Waals surface area contributed by atoms with Gasteiger partial charge in [-0.2, -0.15) is 0 Å². The van der Waals surface area contributed by atoms with Crippen LogP contribution in [0.3, 0.4) is 0 Å². The summed E-state index contributed by atoms with van der Waals surface area (Å²) in [6.07, 6.45) is 0. The molecule has 0 aromatic heterocycles. The van der Waals surface area contributed by atoms with E-state index in [1.807, 2.05) is 32.0 Å². The van der Waals surface area contributed by atoms with Gasteiger partial charge in [-0.1, -0.05) is 15.9 Å². The van der Waals surface area contributed by atoms with Crippen LogP contribution in [0.4, 0.5) is 5.69 Å². The third-order valence-corrected chi connectivity index (χ3v) is 3.75. The monoisotopic (exact) mass is 335 g/mol. The molecule has 2 aromatic carbocycles. The fourth-order valence-corrected chi connectivity index (χ4v) is 2.58. The van der Waals surface area contributed by atoms with Crippen molar-refractivity contribution in [2.75, 3.05) is 12.4 Å². The van der Waals surface area contributed by atoms with E-state index in [2.05, 4.69) is 27.3 Å². The Kier molecular flexibility index (Phi) is 4.55. The van der Waals surface area contributed by atoms with Crippen molar-refractivity contribution >= 4 is 21.6 Å². The number of phenolic OH excluding ortho intramolecular Hbond substituents is 1. The van der Waals surface area contributed by atoms with Crippen molar-refractivity contribution in [1.82, 2.24) is 0 Å². The number of hydrogen-bond acceptors (Lipinski definition) is 3. The molecule has 0 saturated carbocycles. The molecule has 0 radical (unpaired) electrons. The van der Waals surface area contributed by atoms with Crippen molar-refractivity contribution in [3.8, 4) is 11.5 Å². The van der Waals surface area contributed by atoms with Crippen LogP contribution in [0.5, 0.6) is 11.5 Å². The normalized spacial score (nSPS) is 12.0. The van der Waals surface area contributed by atoms with E-state index >= 15 is 0 Å². The van der Waals surface area contributed by atoms with Gasteiger partial charge in [-0.15, -0.1) is 0 Å². The molecule has 0 saturated heterocycles. The Hall–Kier alpha value is -1.68. The van der Waals surface area contributed by atoms with Crippen LogP contribution in [-0.4, -0.2) is 12.2 Å². The molecule has 2 rings (SSSR count). The molecule has 1 atom stereocenters. The number of halogens is 1. The van der Waals surface area contributed by atoms with E-state index in [4.69, 9.17) is 4.74 Å². The molecular formula is C16H18BrNO2. The molecule has 0 bridgehead atoms. The predicted octanol–water partition coefficient (Wildman–Crippen LogP) is 4.64. The quantitative estimate of drug-likeness (QED) is 0.854. The number of phenols is 1. The molecular weight excluding hydrogens is 318 g/mol. The summed E-state index contributed by atoms with van der Waals surface area (Å²) in [5.41, 5.74) is 3.00. The highest BCUT2D eigenvalue weighted by molar-refractivity contribution is 9.10. The number of nitrogens with one attached hydrogen (secondary N) is 1. The standard InChI is InChI=1S/C16H18BrNO2/c1-10-8-12(17)4-6-15(10)18-11(2)14-9-13(20-3)5-7-16(14)19/h4-9,11,18-19H,1-3H3. The van der Waals surface area contributed by atoms with Gasteiger partial charge in [0, 0.05) is 15.7 Å². The van der Waals surface area contributed by atoms with Crippen LogP contribution in [0, 0.1) is 6.92 Å². The number of aromatic hydroxyl groups is 1. The summed E-state index contributed by atoms with van der Waals surface area (Å²) >= 11 is 3.45. The first-order chi connectivity index (χ1) is 9.51. The summed E-state index contributed by atoms with van der Waals surface area (Å²) in [5, 5.41) is 13.4. The molecule has 0 fully saturated rings. The zero-order chi connectivity index (χ0) is 14.7. The van der Waals surface area contributed by atoms with E-state index < -0.39 is 0 Å². The molecule has 0 spiro atoms. The summed E-state index contributed by atoms with van der Waals surface area (Å²) in [4.78, 5) is 0. The van der Waals surface area contributed by atoms with E-state index in [0.29, 0.717) is 0 Å². The first-order valence-electron chi connectivity index (χ1n) is 6.41. The second kappa shape index (κ2) is 6.18. The van der Waals surface area contributed by atoms with Gasteiger partial charge in [-0.05, 0) is 55.8 Å². The predicted molar refractivity (Wildman–Crippen MR) is 85.6 cm³/mol. The Morgan fingerprint density at radius 3 is 2.60 bits per heavy atom. The Morgan fingerprint density at radius 2 is 1.95 bits per heavy atom. The second-order valence-electron chi connectivity index (χ2n) is 4.75. The fraction of sp³-hybridized carbons (Fsp3) is 0.250. The van der Waals surface area contributed by atoms with Gasteiger partial charge in [-0.3, -0.25) is 0 Å². The van der Waals surface area contributed by atoms with Crippen molar-refractivity contribution < 1.29 is 9.84 Å². The zero-order valence-corrected chi connectivity index (χ0v) is 13.4. The van der Waals surface area contributed by atoms with Crippen LogP contribution in [0.2, 0.25) is 0 Å². The van der Waals surface area contributed by atoms with Gasteiger partial charge in [0.25, 0.3) is 0 Å². The first kappa shape index (κ1) is 14.7.